The molecule has 5 rings (SSSR count). The van der Waals surface area contributed by atoms with Gasteiger partial charge < -0.3 is 25.8 Å². The number of nitrogens with zero attached hydrogens (tertiary/aromatic N) is 1. The summed E-state index contributed by atoms with van der Waals surface area (Å²) in [5, 5.41) is 9.68. The van der Waals surface area contributed by atoms with Crippen LogP contribution in [0.15, 0.2) is 72.9 Å². The molecule has 1 fully saturated rings. The number of carbonyl (C=O) groups is 3. The molecule has 2 heterocycles. The highest BCUT2D eigenvalue weighted by Crippen LogP contribution is 2.27. The number of carbonyl (C=O) groups excluding carboxylic acids is 3. The number of rotatable bonds is 5. The smallest absolute Gasteiger partial charge is 0.323 e. The molecule has 0 saturated carbocycles. The highest BCUT2D eigenvalue weighted by molar-refractivity contribution is 6.31. The number of halogens is 2. The molecular weight excluding hydrogens is 485 g/mol. The van der Waals surface area contributed by atoms with E-state index in [2.05, 4.69) is 20.9 Å². The van der Waals surface area contributed by atoms with Crippen LogP contribution in [0, 0.1) is 11.7 Å². The first-order valence-electron chi connectivity index (χ1n) is 11.2. The lowest BCUT2D eigenvalue weighted by Gasteiger charge is -2.38. The van der Waals surface area contributed by atoms with Gasteiger partial charge >= 0.3 is 6.03 Å². The van der Waals surface area contributed by atoms with Gasteiger partial charge in [-0.05, 0) is 54.6 Å². The lowest BCUT2D eigenvalue weighted by Crippen LogP contribution is -2.54. The zero-order chi connectivity index (χ0) is 25.2. The summed E-state index contributed by atoms with van der Waals surface area (Å²) in [6.07, 6.45) is 1.69. The second-order valence-electron chi connectivity index (χ2n) is 8.42. The van der Waals surface area contributed by atoms with Crippen LogP contribution in [-0.4, -0.2) is 40.8 Å². The van der Waals surface area contributed by atoms with Crippen molar-refractivity contribution in [1.82, 2.24) is 9.88 Å². The van der Waals surface area contributed by atoms with E-state index in [1.807, 2.05) is 6.07 Å². The van der Waals surface area contributed by atoms with E-state index in [0.29, 0.717) is 22.1 Å². The van der Waals surface area contributed by atoms with Crippen LogP contribution in [0.1, 0.15) is 10.4 Å². The fraction of sp³-hybridized carbons (Fsp3) is 0.115. The molecule has 8 nitrogen and oxygen atoms in total. The Morgan fingerprint density at radius 1 is 0.917 bits per heavy atom. The maximum absolute atomic E-state index is 13.8. The molecule has 0 unspecified atom stereocenters. The summed E-state index contributed by atoms with van der Waals surface area (Å²) in [6.45, 7) is 0.440. The molecule has 1 aliphatic rings. The lowest BCUT2D eigenvalue weighted by atomic mass is 9.97. The molecule has 0 aliphatic carbocycles. The van der Waals surface area contributed by atoms with E-state index in [0.717, 1.165) is 10.9 Å². The van der Waals surface area contributed by atoms with Gasteiger partial charge in [0.1, 0.15) is 5.82 Å². The van der Waals surface area contributed by atoms with Crippen molar-refractivity contribution in [3.8, 4) is 0 Å². The predicted octanol–water partition coefficient (Wildman–Crippen LogP) is 5.32. The molecule has 0 bridgehead atoms. The normalized spacial score (nSPS) is 13.2. The maximum Gasteiger partial charge on any atom is 0.323 e. The van der Waals surface area contributed by atoms with Gasteiger partial charge in [-0.25, -0.2) is 9.18 Å². The van der Waals surface area contributed by atoms with Gasteiger partial charge in [0.25, 0.3) is 5.91 Å². The van der Waals surface area contributed by atoms with Gasteiger partial charge in [-0.3, -0.25) is 9.59 Å². The molecule has 36 heavy (non-hydrogen) atoms. The fourth-order valence-corrected chi connectivity index (χ4v) is 4.15. The third kappa shape index (κ3) is 4.87. The van der Waals surface area contributed by atoms with Gasteiger partial charge in [-0.2, -0.15) is 0 Å². The van der Waals surface area contributed by atoms with Crippen LogP contribution in [0.25, 0.3) is 10.9 Å². The van der Waals surface area contributed by atoms with Crippen molar-refractivity contribution in [2.75, 3.05) is 29.0 Å². The van der Waals surface area contributed by atoms with Crippen molar-refractivity contribution in [3.05, 3.63) is 89.3 Å². The second-order valence-corrected chi connectivity index (χ2v) is 8.86. The Balaban J connectivity index is 1.12. The van der Waals surface area contributed by atoms with Gasteiger partial charge in [0.2, 0.25) is 5.91 Å². The molecule has 1 aromatic heterocycles. The average Bonchev–Trinajstić information content (AvgIpc) is 3.21. The highest BCUT2D eigenvalue weighted by atomic mass is 35.5. The summed E-state index contributed by atoms with van der Waals surface area (Å²) in [5.41, 5.74) is 2.53. The third-order valence-electron chi connectivity index (χ3n) is 5.95. The van der Waals surface area contributed by atoms with Gasteiger partial charge in [-0.1, -0.05) is 23.7 Å². The summed E-state index contributed by atoms with van der Waals surface area (Å²) in [7, 11) is 0. The number of urea groups is 1. The fourth-order valence-electron chi connectivity index (χ4n) is 3.98. The summed E-state index contributed by atoms with van der Waals surface area (Å²) in [6, 6.07) is 17.4. The van der Waals surface area contributed by atoms with E-state index in [9.17, 15) is 18.8 Å². The Hall–Kier alpha value is -4.37. The predicted molar refractivity (Wildman–Crippen MR) is 137 cm³/mol. The third-order valence-corrected chi connectivity index (χ3v) is 6.18. The molecule has 182 valence electrons. The number of hydrogen-bond acceptors (Lipinski definition) is 3. The molecule has 0 spiro atoms. The minimum Gasteiger partial charge on any atom is -0.359 e. The van der Waals surface area contributed by atoms with Crippen molar-refractivity contribution >= 4 is 57.4 Å². The van der Waals surface area contributed by atoms with Crippen molar-refractivity contribution in [2.45, 2.75) is 0 Å². The van der Waals surface area contributed by atoms with E-state index >= 15 is 0 Å². The van der Waals surface area contributed by atoms with Crippen LogP contribution < -0.4 is 16.0 Å². The SMILES string of the molecule is O=C(Nc1ccc(NC(=O)C2CN(C(=O)c3ccccc3F)C2)cc1)Nc1c[nH]c2ccc(Cl)cc12. The van der Waals surface area contributed by atoms with Crippen molar-refractivity contribution in [2.24, 2.45) is 5.92 Å². The number of amides is 4. The number of nitrogens with one attached hydrogen (secondary N) is 4. The molecule has 3 aromatic carbocycles. The Kier molecular flexibility index (Phi) is 6.30. The minimum absolute atomic E-state index is 0.00280. The van der Waals surface area contributed by atoms with E-state index < -0.39 is 17.8 Å². The molecular formula is C26H21ClFN5O3. The average molecular weight is 506 g/mol. The molecule has 4 aromatic rings. The Bertz CT molecular complexity index is 1460. The first kappa shape index (κ1) is 23.4. The van der Waals surface area contributed by atoms with Gasteiger partial charge in [0.15, 0.2) is 0 Å². The zero-order valence-corrected chi connectivity index (χ0v) is 19.6. The van der Waals surface area contributed by atoms with Gasteiger partial charge in [0.05, 0.1) is 17.2 Å². The first-order valence-corrected chi connectivity index (χ1v) is 11.5. The van der Waals surface area contributed by atoms with Crippen molar-refractivity contribution in [1.29, 1.82) is 0 Å². The monoisotopic (exact) mass is 505 g/mol. The van der Waals surface area contributed by atoms with E-state index in [4.69, 9.17) is 11.6 Å². The molecule has 4 N–H and O–H groups in total. The number of hydrogen-bond donors (Lipinski definition) is 4. The molecule has 0 radical (unpaired) electrons. The van der Waals surface area contributed by atoms with Crippen molar-refractivity contribution in [3.63, 3.8) is 0 Å². The van der Waals surface area contributed by atoms with Crippen LogP contribution in [0.4, 0.5) is 26.2 Å². The van der Waals surface area contributed by atoms with Crippen LogP contribution in [-0.2, 0) is 4.79 Å². The summed E-state index contributed by atoms with van der Waals surface area (Å²) in [5.74, 6) is -1.62. The number of anilines is 3. The minimum atomic E-state index is -0.580. The molecule has 4 amide bonds. The van der Waals surface area contributed by atoms with Crippen LogP contribution >= 0.6 is 11.6 Å². The summed E-state index contributed by atoms with van der Waals surface area (Å²) in [4.78, 5) is 41.8. The summed E-state index contributed by atoms with van der Waals surface area (Å²) >= 11 is 6.05. The number of aromatic nitrogens is 1. The quantitative estimate of drug-likeness (QED) is 0.295. The summed E-state index contributed by atoms with van der Waals surface area (Å²) < 4.78 is 13.8. The topological polar surface area (TPSA) is 106 Å². The van der Waals surface area contributed by atoms with Gasteiger partial charge in [-0.15, -0.1) is 0 Å². The Labute approximate surface area is 210 Å². The number of benzene rings is 3. The molecule has 10 heteroatoms. The Morgan fingerprint density at radius 3 is 2.33 bits per heavy atom. The number of H-pyrrole nitrogens is 1. The largest absolute Gasteiger partial charge is 0.359 e. The Morgan fingerprint density at radius 2 is 1.61 bits per heavy atom. The first-order chi connectivity index (χ1) is 17.4. The highest BCUT2D eigenvalue weighted by Gasteiger charge is 2.36. The second kappa shape index (κ2) is 9.71. The van der Waals surface area contributed by atoms with Crippen LogP contribution in [0.3, 0.4) is 0 Å². The van der Waals surface area contributed by atoms with Gasteiger partial charge in [0, 0.05) is 46.6 Å². The maximum atomic E-state index is 13.8. The van der Waals surface area contributed by atoms with E-state index in [-0.39, 0.29) is 30.5 Å². The molecule has 1 aliphatic heterocycles. The van der Waals surface area contributed by atoms with Crippen LogP contribution in [0.2, 0.25) is 5.02 Å². The standard InChI is InChI=1S/C26H21ClFN5O3/c27-16-5-10-22-20(11-16)23(12-29-22)32-26(36)31-18-8-6-17(7-9-18)30-24(34)15-13-33(14-15)25(35)19-3-1-2-4-21(19)28/h1-12,15,29H,13-14H2,(H,30,34)(H2,31,32,36). The number of fused-ring (bicyclic) bond motifs is 1. The van der Waals surface area contributed by atoms with Crippen LogP contribution in [0.5, 0.6) is 0 Å². The lowest BCUT2D eigenvalue weighted by molar-refractivity contribution is -0.123. The zero-order valence-electron chi connectivity index (χ0n) is 18.8. The van der Waals surface area contributed by atoms with E-state index in [1.54, 1.807) is 48.7 Å². The number of aromatic amines is 1. The van der Waals surface area contributed by atoms with Crippen molar-refractivity contribution < 1.29 is 18.8 Å². The number of likely N-dealkylation sites (tertiary alicyclic amines) is 1. The van der Waals surface area contributed by atoms with E-state index in [1.165, 1.54) is 23.1 Å². The molecule has 0 atom stereocenters. The molecule has 1 saturated heterocycles.